The van der Waals surface area contributed by atoms with Crippen LogP contribution in [0, 0.1) is 12.8 Å². The Kier molecular flexibility index (Phi) is 7.67. The molecule has 1 unspecified atom stereocenters. The van der Waals surface area contributed by atoms with E-state index in [2.05, 4.69) is 9.46 Å². The summed E-state index contributed by atoms with van der Waals surface area (Å²) in [6.07, 6.45) is 6.26. The number of hydrogen-bond acceptors (Lipinski definition) is 4. The lowest BCUT2D eigenvalue weighted by Crippen LogP contribution is -2.32. The van der Waals surface area contributed by atoms with Gasteiger partial charge in [0.2, 0.25) is 10.0 Å². The van der Waals surface area contributed by atoms with Crippen LogP contribution in [0.4, 0.5) is 0 Å². The van der Waals surface area contributed by atoms with Gasteiger partial charge in [0.05, 0.1) is 12.0 Å². The Morgan fingerprint density at radius 2 is 1.70 bits per heavy atom. The first-order valence-corrected chi connectivity index (χ1v) is 12.1. The van der Waals surface area contributed by atoms with Gasteiger partial charge in [0.1, 0.15) is 0 Å². The lowest BCUT2D eigenvalue weighted by atomic mass is 9.91. The highest BCUT2D eigenvalue weighted by atomic mass is 32.2. The summed E-state index contributed by atoms with van der Waals surface area (Å²) in [5, 5.41) is 0. The number of benzene rings is 2. The predicted molar refractivity (Wildman–Crippen MR) is 118 cm³/mol. The Bertz CT molecular complexity index is 930. The fourth-order valence-electron chi connectivity index (χ4n) is 4.11. The summed E-state index contributed by atoms with van der Waals surface area (Å²) in [4.78, 5) is 11.6. The van der Waals surface area contributed by atoms with Crippen LogP contribution in [0.2, 0.25) is 0 Å². The molecule has 1 fully saturated rings. The first-order chi connectivity index (χ1) is 14.4. The van der Waals surface area contributed by atoms with Crippen molar-refractivity contribution in [3.63, 3.8) is 0 Å². The van der Waals surface area contributed by atoms with E-state index in [0.29, 0.717) is 17.2 Å². The van der Waals surface area contributed by atoms with Crippen molar-refractivity contribution in [3.8, 4) is 0 Å². The second-order valence-corrected chi connectivity index (χ2v) is 9.84. The summed E-state index contributed by atoms with van der Waals surface area (Å²) in [5.41, 5.74) is 3.16. The van der Waals surface area contributed by atoms with E-state index in [1.165, 1.54) is 7.11 Å². The average molecular weight is 430 g/mol. The number of ether oxygens (including phenoxy) is 1. The SMILES string of the molecule is COC(=O)CCCc1ccc(C(NS(=O)(=O)c2ccc(C)cc2)C2CCCC2)cc1. The molecule has 2 aromatic rings. The topological polar surface area (TPSA) is 72.5 Å². The monoisotopic (exact) mass is 429 g/mol. The zero-order valence-electron chi connectivity index (χ0n) is 17.8. The minimum atomic E-state index is -3.60. The molecule has 0 saturated heterocycles. The summed E-state index contributed by atoms with van der Waals surface area (Å²) < 4.78 is 33.7. The molecule has 6 heteroatoms. The van der Waals surface area contributed by atoms with Crippen molar-refractivity contribution >= 4 is 16.0 Å². The number of nitrogens with one attached hydrogen (secondary N) is 1. The maximum absolute atomic E-state index is 13.0. The number of aryl methyl sites for hydroxylation is 2. The number of hydrogen-bond donors (Lipinski definition) is 1. The molecule has 0 aromatic heterocycles. The molecule has 1 aliphatic carbocycles. The van der Waals surface area contributed by atoms with Crippen molar-refractivity contribution in [1.29, 1.82) is 0 Å². The molecular weight excluding hydrogens is 398 g/mol. The number of sulfonamides is 1. The van der Waals surface area contributed by atoms with Gasteiger partial charge in [0.15, 0.2) is 0 Å². The summed E-state index contributed by atoms with van der Waals surface area (Å²) in [6.45, 7) is 1.94. The standard InChI is InChI=1S/C24H31NO4S/c1-18-10-16-22(17-11-18)30(27,28)25-24(20-7-3-4-8-20)21-14-12-19(13-15-21)6-5-9-23(26)29-2/h10-17,20,24-25H,3-9H2,1-2H3. The van der Waals surface area contributed by atoms with Gasteiger partial charge in [-0.1, -0.05) is 54.8 Å². The normalized spacial score (nSPS) is 15.8. The van der Waals surface area contributed by atoms with E-state index in [-0.39, 0.29) is 12.0 Å². The molecule has 3 rings (SSSR count). The van der Waals surface area contributed by atoms with E-state index in [1.54, 1.807) is 12.1 Å². The highest BCUT2D eigenvalue weighted by molar-refractivity contribution is 7.89. The number of carbonyl (C=O) groups excluding carboxylic acids is 1. The predicted octanol–water partition coefficient (Wildman–Crippen LogP) is 4.70. The lowest BCUT2D eigenvalue weighted by molar-refractivity contribution is -0.140. The molecule has 1 N–H and O–H groups in total. The largest absolute Gasteiger partial charge is 0.469 e. The van der Waals surface area contributed by atoms with Gasteiger partial charge in [0.25, 0.3) is 0 Å². The maximum atomic E-state index is 13.0. The Balaban J connectivity index is 1.75. The Morgan fingerprint density at radius 3 is 2.30 bits per heavy atom. The third-order valence-corrected chi connectivity index (χ3v) is 7.35. The molecule has 0 spiro atoms. The van der Waals surface area contributed by atoms with Crippen molar-refractivity contribution in [3.05, 3.63) is 65.2 Å². The Labute approximate surface area is 179 Å². The third kappa shape index (κ3) is 5.92. The molecule has 0 heterocycles. The third-order valence-electron chi connectivity index (χ3n) is 5.90. The van der Waals surface area contributed by atoms with E-state index in [9.17, 15) is 13.2 Å². The van der Waals surface area contributed by atoms with E-state index >= 15 is 0 Å². The molecule has 2 aromatic carbocycles. The fraction of sp³-hybridized carbons (Fsp3) is 0.458. The van der Waals surface area contributed by atoms with E-state index in [1.807, 2.05) is 43.3 Å². The second-order valence-electron chi connectivity index (χ2n) is 8.13. The van der Waals surface area contributed by atoms with Gasteiger partial charge in [0, 0.05) is 12.5 Å². The first-order valence-electron chi connectivity index (χ1n) is 10.6. The van der Waals surface area contributed by atoms with Gasteiger partial charge in [-0.3, -0.25) is 4.79 Å². The van der Waals surface area contributed by atoms with Gasteiger partial charge in [-0.15, -0.1) is 0 Å². The number of carbonyl (C=O) groups is 1. The first kappa shape index (κ1) is 22.5. The quantitative estimate of drug-likeness (QED) is 0.587. The van der Waals surface area contributed by atoms with Crippen molar-refractivity contribution < 1.29 is 17.9 Å². The minimum absolute atomic E-state index is 0.196. The van der Waals surface area contributed by atoms with Crippen molar-refractivity contribution in [2.45, 2.75) is 62.8 Å². The summed E-state index contributed by atoms with van der Waals surface area (Å²) in [6, 6.07) is 14.8. The van der Waals surface area contributed by atoms with Gasteiger partial charge in [-0.05, 0) is 61.8 Å². The molecule has 1 aliphatic rings. The van der Waals surface area contributed by atoms with Gasteiger partial charge < -0.3 is 4.74 Å². The minimum Gasteiger partial charge on any atom is -0.469 e. The molecule has 1 saturated carbocycles. The number of esters is 1. The zero-order valence-corrected chi connectivity index (χ0v) is 18.6. The van der Waals surface area contributed by atoms with Crippen LogP contribution in [0.3, 0.4) is 0 Å². The van der Waals surface area contributed by atoms with Crippen LogP contribution in [0.1, 0.15) is 61.3 Å². The van der Waals surface area contributed by atoms with Crippen LogP contribution in [-0.4, -0.2) is 21.5 Å². The smallest absolute Gasteiger partial charge is 0.305 e. The zero-order chi connectivity index (χ0) is 21.6. The highest BCUT2D eigenvalue weighted by Crippen LogP contribution is 2.37. The highest BCUT2D eigenvalue weighted by Gasteiger charge is 2.30. The van der Waals surface area contributed by atoms with Crippen molar-refractivity contribution in [1.82, 2.24) is 4.72 Å². The van der Waals surface area contributed by atoms with E-state index in [4.69, 9.17) is 0 Å². The Hall–Kier alpha value is -2.18. The summed E-state index contributed by atoms with van der Waals surface area (Å²) >= 11 is 0. The average Bonchev–Trinajstić information content (AvgIpc) is 3.27. The number of methoxy groups -OCH3 is 1. The van der Waals surface area contributed by atoms with E-state index < -0.39 is 10.0 Å². The van der Waals surface area contributed by atoms with Gasteiger partial charge in [-0.25, -0.2) is 13.1 Å². The maximum Gasteiger partial charge on any atom is 0.305 e. The van der Waals surface area contributed by atoms with Crippen molar-refractivity contribution in [2.24, 2.45) is 5.92 Å². The molecule has 0 aliphatic heterocycles. The Morgan fingerprint density at radius 1 is 1.07 bits per heavy atom. The van der Waals surface area contributed by atoms with Crippen LogP contribution in [-0.2, 0) is 26.0 Å². The van der Waals surface area contributed by atoms with Gasteiger partial charge >= 0.3 is 5.97 Å². The summed E-state index contributed by atoms with van der Waals surface area (Å²) in [7, 11) is -2.20. The van der Waals surface area contributed by atoms with Crippen LogP contribution in [0.15, 0.2) is 53.4 Å². The van der Waals surface area contributed by atoms with Crippen LogP contribution >= 0.6 is 0 Å². The van der Waals surface area contributed by atoms with Crippen LogP contribution in [0.5, 0.6) is 0 Å². The summed E-state index contributed by atoms with van der Waals surface area (Å²) in [5.74, 6) is 0.105. The molecule has 0 amide bonds. The molecule has 0 bridgehead atoms. The lowest BCUT2D eigenvalue weighted by Gasteiger charge is -2.25. The van der Waals surface area contributed by atoms with E-state index in [0.717, 1.165) is 55.2 Å². The number of rotatable bonds is 9. The van der Waals surface area contributed by atoms with Crippen molar-refractivity contribution in [2.75, 3.05) is 7.11 Å². The molecular formula is C24H31NO4S. The molecule has 0 radical (unpaired) electrons. The fourth-order valence-corrected chi connectivity index (χ4v) is 5.40. The van der Waals surface area contributed by atoms with Crippen LogP contribution in [0.25, 0.3) is 0 Å². The molecule has 162 valence electrons. The van der Waals surface area contributed by atoms with Gasteiger partial charge in [-0.2, -0.15) is 0 Å². The second kappa shape index (κ2) is 10.2. The molecule has 30 heavy (non-hydrogen) atoms. The molecule has 5 nitrogen and oxygen atoms in total. The molecule has 1 atom stereocenters. The van der Waals surface area contributed by atoms with Crippen LogP contribution < -0.4 is 4.72 Å².